The molecule has 0 aliphatic heterocycles. The third-order valence-corrected chi connectivity index (χ3v) is 2.56. The van der Waals surface area contributed by atoms with Crippen LogP contribution in [0.5, 0.6) is 5.75 Å². The fourth-order valence-electron chi connectivity index (χ4n) is 1.53. The minimum atomic E-state index is -4.37. The van der Waals surface area contributed by atoms with Crippen LogP contribution in [0.1, 0.15) is 5.76 Å². The van der Waals surface area contributed by atoms with Gasteiger partial charge in [-0.3, -0.25) is 0 Å². The highest BCUT2D eigenvalue weighted by Crippen LogP contribution is 2.27. The van der Waals surface area contributed by atoms with Crippen LogP contribution in [-0.2, 0) is 6.54 Å². The van der Waals surface area contributed by atoms with Crippen molar-refractivity contribution < 1.29 is 22.3 Å². The molecule has 0 radical (unpaired) electrons. The van der Waals surface area contributed by atoms with Crippen LogP contribution in [0.4, 0.5) is 18.9 Å². The van der Waals surface area contributed by atoms with E-state index in [1.165, 1.54) is 6.07 Å². The first kappa shape index (κ1) is 14.6. The van der Waals surface area contributed by atoms with Crippen LogP contribution in [0, 0.1) is 0 Å². The first-order chi connectivity index (χ1) is 9.44. The highest BCUT2D eigenvalue weighted by atomic mass is 35.5. The van der Waals surface area contributed by atoms with Gasteiger partial charge < -0.3 is 14.5 Å². The van der Waals surface area contributed by atoms with Crippen molar-refractivity contribution in [3.63, 3.8) is 0 Å². The number of rotatable bonds is 5. The normalized spacial score (nSPS) is 11.4. The van der Waals surface area contributed by atoms with Gasteiger partial charge >= 0.3 is 6.18 Å². The van der Waals surface area contributed by atoms with Crippen LogP contribution in [0.3, 0.4) is 0 Å². The van der Waals surface area contributed by atoms with E-state index in [4.69, 9.17) is 20.8 Å². The van der Waals surface area contributed by atoms with Crippen LogP contribution in [0.25, 0.3) is 0 Å². The number of halogens is 4. The van der Waals surface area contributed by atoms with Crippen LogP contribution in [0.15, 0.2) is 40.8 Å². The second-order valence-corrected chi connectivity index (χ2v) is 4.33. The zero-order valence-electron chi connectivity index (χ0n) is 10.2. The SMILES string of the molecule is FC(F)(F)COc1ccccc1NCc1ccc(Cl)o1. The summed E-state index contributed by atoms with van der Waals surface area (Å²) < 4.78 is 46.3. The minimum absolute atomic E-state index is 0.127. The summed E-state index contributed by atoms with van der Waals surface area (Å²) in [4.78, 5) is 0. The number of furan rings is 1. The summed E-state index contributed by atoms with van der Waals surface area (Å²) in [5.74, 6) is 0.697. The van der Waals surface area contributed by atoms with Gasteiger partial charge in [0.1, 0.15) is 11.5 Å². The Morgan fingerprint density at radius 2 is 1.90 bits per heavy atom. The van der Waals surface area contributed by atoms with Crippen LogP contribution in [-0.4, -0.2) is 12.8 Å². The average molecular weight is 306 g/mol. The molecule has 3 nitrogen and oxygen atoms in total. The van der Waals surface area contributed by atoms with Gasteiger partial charge in [0.15, 0.2) is 11.8 Å². The molecule has 1 heterocycles. The van der Waals surface area contributed by atoms with E-state index >= 15 is 0 Å². The van der Waals surface area contributed by atoms with Gasteiger partial charge in [-0.2, -0.15) is 13.2 Å². The molecular weight excluding hydrogens is 295 g/mol. The lowest BCUT2D eigenvalue weighted by Crippen LogP contribution is -2.19. The summed E-state index contributed by atoms with van der Waals surface area (Å²) in [6, 6.07) is 9.64. The van der Waals surface area contributed by atoms with E-state index in [-0.39, 0.29) is 11.0 Å². The van der Waals surface area contributed by atoms with E-state index in [1.54, 1.807) is 30.3 Å². The lowest BCUT2D eigenvalue weighted by molar-refractivity contribution is -0.153. The third kappa shape index (κ3) is 4.38. The maximum atomic E-state index is 12.2. The Hall–Kier alpha value is -1.82. The van der Waals surface area contributed by atoms with Crippen molar-refractivity contribution in [1.82, 2.24) is 0 Å². The molecule has 1 aromatic heterocycles. The van der Waals surface area contributed by atoms with Crippen molar-refractivity contribution in [2.75, 3.05) is 11.9 Å². The van der Waals surface area contributed by atoms with E-state index in [2.05, 4.69) is 5.32 Å². The van der Waals surface area contributed by atoms with Gasteiger partial charge in [0.25, 0.3) is 0 Å². The number of nitrogens with one attached hydrogen (secondary N) is 1. The van der Waals surface area contributed by atoms with Gasteiger partial charge in [-0.15, -0.1) is 0 Å². The molecule has 108 valence electrons. The summed E-state index contributed by atoms with van der Waals surface area (Å²) in [7, 11) is 0. The Morgan fingerprint density at radius 3 is 2.55 bits per heavy atom. The Morgan fingerprint density at radius 1 is 1.15 bits per heavy atom. The molecule has 0 saturated heterocycles. The van der Waals surface area contributed by atoms with Gasteiger partial charge in [0, 0.05) is 0 Å². The number of alkyl halides is 3. The molecular formula is C13H11ClF3NO2. The van der Waals surface area contributed by atoms with Crippen molar-refractivity contribution in [3.8, 4) is 5.75 Å². The molecule has 0 amide bonds. The summed E-state index contributed by atoms with van der Waals surface area (Å²) in [6.07, 6.45) is -4.37. The average Bonchev–Trinajstić information content (AvgIpc) is 2.80. The number of hydrogen-bond donors (Lipinski definition) is 1. The topological polar surface area (TPSA) is 34.4 Å². The number of para-hydroxylation sites is 2. The van der Waals surface area contributed by atoms with Gasteiger partial charge in [-0.05, 0) is 35.9 Å². The molecule has 0 saturated carbocycles. The van der Waals surface area contributed by atoms with Gasteiger partial charge in [0.05, 0.1) is 12.2 Å². The van der Waals surface area contributed by atoms with E-state index in [0.29, 0.717) is 18.0 Å². The second-order valence-electron chi connectivity index (χ2n) is 3.96. The van der Waals surface area contributed by atoms with Gasteiger partial charge in [-0.1, -0.05) is 12.1 Å². The molecule has 1 aromatic carbocycles. The molecule has 2 aromatic rings. The summed E-state index contributed by atoms with van der Waals surface area (Å²) in [5.41, 5.74) is 0.448. The van der Waals surface area contributed by atoms with E-state index in [0.717, 1.165) is 0 Å². The van der Waals surface area contributed by atoms with Gasteiger partial charge in [0.2, 0.25) is 0 Å². The molecule has 0 aliphatic rings. The first-order valence-electron chi connectivity index (χ1n) is 5.71. The standard InChI is InChI=1S/C13H11ClF3NO2/c14-12-6-5-9(20-12)7-18-10-3-1-2-4-11(10)19-8-13(15,16)17/h1-6,18H,7-8H2. The predicted octanol–water partition coefficient (Wildman–Crippen LogP) is 4.49. The highest BCUT2D eigenvalue weighted by Gasteiger charge is 2.28. The number of anilines is 1. The third-order valence-electron chi connectivity index (χ3n) is 2.36. The van der Waals surface area contributed by atoms with Crippen LogP contribution >= 0.6 is 11.6 Å². The maximum Gasteiger partial charge on any atom is 0.422 e. The zero-order chi connectivity index (χ0) is 14.6. The highest BCUT2D eigenvalue weighted by molar-refractivity contribution is 6.28. The van der Waals surface area contributed by atoms with Crippen molar-refractivity contribution in [3.05, 3.63) is 47.4 Å². The lowest BCUT2D eigenvalue weighted by atomic mass is 10.3. The van der Waals surface area contributed by atoms with Crippen molar-refractivity contribution >= 4 is 17.3 Å². The molecule has 20 heavy (non-hydrogen) atoms. The van der Waals surface area contributed by atoms with Crippen molar-refractivity contribution in [2.45, 2.75) is 12.7 Å². The number of benzene rings is 1. The molecule has 0 bridgehead atoms. The van der Waals surface area contributed by atoms with Crippen molar-refractivity contribution in [1.29, 1.82) is 0 Å². The molecule has 1 N–H and O–H groups in total. The first-order valence-corrected chi connectivity index (χ1v) is 6.08. The maximum absolute atomic E-state index is 12.2. The summed E-state index contributed by atoms with van der Waals surface area (Å²) in [5, 5.41) is 3.19. The Bertz CT molecular complexity index is 569. The molecule has 0 atom stereocenters. The largest absolute Gasteiger partial charge is 0.482 e. The number of hydrogen-bond acceptors (Lipinski definition) is 3. The quantitative estimate of drug-likeness (QED) is 0.884. The van der Waals surface area contributed by atoms with E-state index < -0.39 is 12.8 Å². The monoisotopic (exact) mass is 305 g/mol. The number of ether oxygens (including phenoxy) is 1. The summed E-state index contributed by atoms with van der Waals surface area (Å²) >= 11 is 5.63. The van der Waals surface area contributed by atoms with E-state index in [9.17, 15) is 13.2 Å². The summed E-state index contributed by atoms with van der Waals surface area (Å²) in [6.45, 7) is -1.04. The lowest BCUT2D eigenvalue weighted by Gasteiger charge is -2.13. The predicted molar refractivity (Wildman–Crippen MR) is 69.0 cm³/mol. The Labute approximate surface area is 118 Å². The molecule has 0 aliphatic carbocycles. The van der Waals surface area contributed by atoms with Gasteiger partial charge in [-0.25, -0.2) is 0 Å². The molecule has 2 rings (SSSR count). The minimum Gasteiger partial charge on any atom is -0.482 e. The second kappa shape index (κ2) is 6.09. The van der Waals surface area contributed by atoms with Crippen molar-refractivity contribution in [2.24, 2.45) is 0 Å². The molecule has 7 heteroatoms. The Balaban J connectivity index is 2.00. The fraction of sp³-hybridized carbons (Fsp3) is 0.231. The smallest absolute Gasteiger partial charge is 0.422 e. The molecule has 0 unspecified atom stereocenters. The zero-order valence-corrected chi connectivity index (χ0v) is 11.0. The molecule has 0 fully saturated rings. The van der Waals surface area contributed by atoms with Crippen LogP contribution < -0.4 is 10.1 Å². The fourth-order valence-corrected chi connectivity index (χ4v) is 1.69. The molecule has 0 spiro atoms. The van der Waals surface area contributed by atoms with Crippen LogP contribution in [0.2, 0.25) is 5.22 Å². The Kier molecular flexibility index (Phi) is 4.44. The van der Waals surface area contributed by atoms with E-state index in [1.807, 2.05) is 0 Å².